The number of hydrazine groups is 1. The molecule has 0 aliphatic carbocycles. The largest absolute Gasteiger partial charge is 0.497 e. The Morgan fingerprint density at radius 3 is 2.79 bits per heavy atom. The lowest BCUT2D eigenvalue weighted by atomic mass is 10.2. The summed E-state index contributed by atoms with van der Waals surface area (Å²) < 4.78 is 5.09. The fraction of sp³-hybridized carbons (Fsp3) is 0.222. The van der Waals surface area contributed by atoms with Crippen LogP contribution in [0.1, 0.15) is 5.56 Å². The van der Waals surface area contributed by atoms with E-state index in [9.17, 15) is 0 Å². The Morgan fingerprint density at radius 2 is 2.21 bits per heavy atom. The van der Waals surface area contributed by atoms with Crippen LogP contribution >= 0.6 is 12.2 Å². The van der Waals surface area contributed by atoms with Crippen molar-refractivity contribution in [2.24, 2.45) is 5.84 Å². The topological polar surface area (TPSA) is 59.3 Å². The maximum Gasteiger partial charge on any atom is 0.185 e. The molecule has 0 aliphatic heterocycles. The Bertz CT molecular complexity index is 341. The molecule has 5 heteroatoms. The predicted octanol–water partition coefficient (Wildman–Crippen LogP) is 1.16. The van der Waals surface area contributed by atoms with Gasteiger partial charge < -0.3 is 15.5 Å². The fourth-order valence-electron chi connectivity index (χ4n) is 1.02. The van der Waals surface area contributed by atoms with Gasteiger partial charge in [-0.2, -0.15) is 0 Å². The summed E-state index contributed by atoms with van der Waals surface area (Å²) in [5, 5.41) is 3.33. The van der Waals surface area contributed by atoms with E-state index < -0.39 is 0 Å². The van der Waals surface area contributed by atoms with Crippen LogP contribution in [0.3, 0.4) is 0 Å². The summed E-state index contributed by atoms with van der Waals surface area (Å²) >= 11 is 4.89. The number of ether oxygens (including phenoxy) is 1. The van der Waals surface area contributed by atoms with Gasteiger partial charge in [0.2, 0.25) is 0 Å². The molecule has 0 fully saturated rings. The van der Waals surface area contributed by atoms with Gasteiger partial charge in [0, 0.05) is 11.8 Å². The van der Waals surface area contributed by atoms with E-state index in [0.717, 1.165) is 17.0 Å². The zero-order chi connectivity index (χ0) is 10.6. The Kier molecular flexibility index (Phi) is 3.67. The van der Waals surface area contributed by atoms with E-state index in [-0.39, 0.29) is 0 Å². The molecule has 14 heavy (non-hydrogen) atoms. The second kappa shape index (κ2) is 4.78. The normalized spacial score (nSPS) is 9.36. The SMILES string of the molecule is COc1ccc(C)c(NC(=S)NN)c1. The molecule has 1 aromatic rings. The van der Waals surface area contributed by atoms with Crippen LogP contribution in [0.2, 0.25) is 0 Å². The Morgan fingerprint density at radius 1 is 1.50 bits per heavy atom. The maximum atomic E-state index is 5.16. The summed E-state index contributed by atoms with van der Waals surface area (Å²) in [5.74, 6) is 5.93. The second-order valence-electron chi connectivity index (χ2n) is 2.78. The third-order valence-corrected chi connectivity index (χ3v) is 2.04. The van der Waals surface area contributed by atoms with Crippen molar-refractivity contribution in [2.75, 3.05) is 12.4 Å². The zero-order valence-electron chi connectivity index (χ0n) is 8.13. The van der Waals surface area contributed by atoms with Crippen LogP contribution in [0.15, 0.2) is 18.2 Å². The van der Waals surface area contributed by atoms with Gasteiger partial charge in [0.15, 0.2) is 5.11 Å². The molecule has 0 atom stereocenters. The van der Waals surface area contributed by atoms with Crippen LogP contribution in [0.25, 0.3) is 0 Å². The van der Waals surface area contributed by atoms with Gasteiger partial charge in [0.1, 0.15) is 5.75 Å². The highest BCUT2D eigenvalue weighted by molar-refractivity contribution is 7.80. The monoisotopic (exact) mass is 211 g/mol. The average molecular weight is 211 g/mol. The van der Waals surface area contributed by atoms with Crippen molar-refractivity contribution in [2.45, 2.75) is 6.92 Å². The molecule has 0 spiro atoms. The molecule has 4 N–H and O–H groups in total. The number of methoxy groups -OCH3 is 1. The van der Waals surface area contributed by atoms with Crippen molar-refractivity contribution >= 4 is 23.0 Å². The number of rotatable bonds is 2. The van der Waals surface area contributed by atoms with Crippen molar-refractivity contribution in [1.82, 2.24) is 5.43 Å². The molecule has 0 bridgehead atoms. The molecule has 0 amide bonds. The third kappa shape index (κ3) is 2.58. The first kappa shape index (κ1) is 10.7. The summed E-state index contributed by atoms with van der Waals surface area (Å²) in [6.07, 6.45) is 0. The van der Waals surface area contributed by atoms with E-state index in [1.807, 2.05) is 25.1 Å². The first-order chi connectivity index (χ1) is 6.67. The lowest BCUT2D eigenvalue weighted by Gasteiger charge is -2.11. The lowest BCUT2D eigenvalue weighted by molar-refractivity contribution is 0.415. The summed E-state index contributed by atoms with van der Waals surface area (Å²) in [5.41, 5.74) is 4.31. The molecule has 1 rings (SSSR count). The number of benzene rings is 1. The van der Waals surface area contributed by atoms with Gasteiger partial charge in [0.25, 0.3) is 0 Å². The van der Waals surface area contributed by atoms with Crippen LogP contribution in [0.4, 0.5) is 5.69 Å². The van der Waals surface area contributed by atoms with Gasteiger partial charge in [-0.25, -0.2) is 5.84 Å². The third-order valence-electron chi connectivity index (χ3n) is 1.82. The maximum absolute atomic E-state index is 5.16. The number of aryl methyl sites for hydroxylation is 1. The van der Waals surface area contributed by atoms with Crippen molar-refractivity contribution < 1.29 is 4.74 Å². The highest BCUT2D eigenvalue weighted by atomic mass is 32.1. The molecule has 4 nitrogen and oxygen atoms in total. The van der Waals surface area contributed by atoms with Crippen LogP contribution in [0.5, 0.6) is 5.75 Å². The van der Waals surface area contributed by atoms with E-state index in [1.165, 1.54) is 0 Å². The zero-order valence-corrected chi connectivity index (χ0v) is 8.94. The number of nitrogens with one attached hydrogen (secondary N) is 2. The van der Waals surface area contributed by atoms with E-state index in [4.69, 9.17) is 22.8 Å². The molecule has 0 radical (unpaired) electrons. The smallest absolute Gasteiger partial charge is 0.185 e. The number of nitrogens with two attached hydrogens (primary N) is 1. The molecule has 1 aromatic carbocycles. The first-order valence-electron chi connectivity index (χ1n) is 4.09. The second-order valence-corrected chi connectivity index (χ2v) is 3.19. The number of hydrogen-bond donors (Lipinski definition) is 3. The standard InChI is InChI=1S/C9H13N3OS/c1-6-3-4-7(13-2)5-8(6)11-9(14)12-10/h3-5H,10H2,1-2H3,(H2,11,12,14). The van der Waals surface area contributed by atoms with Gasteiger partial charge in [-0.3, -0.25) is 0 Å². The molecule has 76 valence electrons. The molecular formula is C9H13N3OS. The number of thiocarbonyl (C=S) groups is 1. The summed E-state index contributed by atoms with van der Waals surface area (Å²) in [7, 11) is 1.62. The van der Waals surface area contributed by atoms with E-state index in [1.54, 1.807) is 7.11 Å². The van der Waals surface area contributed by atoms with Crippen LogP contribution in [-0.2, 0) is 0 Å². The Labute approximate surface area is 88.4 Å². The minimum Gasteiger partial charge on any atom is -0.497 e. The van der Waals surface area contributed by atoms with Crippen LogP contribution in [-0.4, -0.2) is 12.2 Å². The van der Waals surface area contributed by atoms with Crippen molar-refractivity contribution in [3.8, 4) is 5.75 Å². The highest BCUT2D eigenvalue weighted by Gasteiger charge is 2.01. The molecule has 0 aromatic heterocycles. The Balaban J connectivity index is 2.89. The van der Waals surface area contributed by atoms with Crippen LogP contribution in [0, 0.1) is 6.92 Å². The molecule has 0 aliphatic rings. The van der Waals surface area contributed by atoms with Gasteiger partial charge in [-0.05, 0) is 30.8 Å². The van der Waals surface area contributed by atoms with E-state index >= 15 is 0 Å². The fourth-order valence-corrected chi connectivity index (χ4v) is 1.13. The molecule has 0 heterocycles. The quantitative estimate of drug-likeness (QED) is 0.389. The molecule has 0 unspecified atom stereocenters. The van der Waals surface area contributed by atoms with Crippen molar-refractivity contribution in [3.63, 3.8) is 0 Å². The molecule has 0 saturated carbocycles. The minimum atomic E-state index is 0.376. The summed E-state index contributed by atoms with van der Waals surface area (Å²) in [4.78, 5) is 0. The van der Waals surface area contributed by atoms with E-state index in [0.29, 0.717) is 5.11 Å². The van der Waals surface area contributed by atoms with Crippen molar-refractivity contribution in [3.05, 3.63) is 23.8 Å². The number of hydrogen-bond acceptors (Lipinski definition) is 3. The summed E-state index contributed by atoms with van der Waals surface area (Å²) in [6.45, 7) is 1.97. The van der Waals surface area contributed by atoms with Crippen molar-refractivity contribution in [1.29, 1.82) is 0 Å². The minimum absolute atomic E-state index is 0.376. The van der Waals surface area contributed by atoms with Gasteiger partial charge >= 0.3 is 0 Å². The van der Waals surface area contributed by atoms with Crippen LogP contribution < -0.4 is 21.3 Å². The van der Waals surface area contributed by atoms with Gasteiger partial charge in [-0.15, -0.1) is 0 Å². The first-order valence-corrected chi connectivity index (χ1v) is 4.50. The van der Waals surface area contributed by atoms with E-state index in [2.05, 4.69) is 10.7 Å². The highest BCUT2D eigenvalue weighted by Crippen LogP contribution is 2.21. The number of anilines is 1. The molecular weight excluding hydrogens is 198 g/mol. The summed E-state index contributed by atoms with van der Waals surface area (Å²) in [6, 6.07) is 5.69. The predicted molar refractivity (Wildman–Crippen MR) is 61.3 cm³/mol. The van der Waals surface area contributed by atoms with Gasteiger partial charge in [-0.1, -0.05) is 6.07 Å². The van der Waals surface area contributed by atoms with Gasteiger partial charge in [0.05, 0.1) is 7.11 Å². The lowest BCUT2D eigenvalue weighted by Crippen LogP contribution is -2.34. The molecule has 0 saturated heterocycles. The average Bonchev–Trinajstić information content (AvgIpc) is 2.21. The Hall–Kier alpha value is -1.33.